The number of rotatable bonds is 6. The first-order valence-corrected chi connectivity index (χ1v) is 10.6. The van der Waals surface area contributed by atoms with Crippen LogP contribution >= 0.6 is 0 Å². The summed E-state index contributed by atoms with van der Waals surface area (Å²) >= 11 is 0. The molecule has 1 fully saturated rings. The number of sulfonamides is 1. The quantitative estimate of drug-likeness (QED) is 0.771. The minimum atomic E-state index is -3.59. The average Bonchev–Trinajstić information content (AvgIpc) is 2.73. The third-order valence-electron chi connectivity index (χ3n) is 4.75. The lowest BCUT2D eigenvalue weighted by atomic mass is 10.1. The molecule has 1 amide bonds. The highest BCUT2D eigenvalue weighted by Crippen LogP contribution is 2.26. The minimum absolute atomic E-state index is 0.0215. The average molecular weight is 404 g/mol. The van der Waals surface area contributed by atoms with Gasteiger partial charge < -0.3 is 15.2 Å². The Bertz CT molecular complexity index is 953. The lowest BCUT2D eigenvalue weighted by Gasteiger charge is -2.26. The summed E-state index contributed by atoms with van der Waals surface area (Å²) in [5.74, 6) is -0.0303. The molecule has 1 aliphatic rings. The van der Waals surface area contributed by atoms with E-state index in [2.05, 4.69) is 5.32 Å². The van der Waals surface area contributed by atoms with Crippen molar-refractivity contribution >= 4 is 15.9 Å². The van der Waals surface area contributed by atoms with Gasteiger partial charge in [-0.25, -0.2) is 8.42 Å². The zero-order valence-corrected chi connectivity index (χ0v) is 16.5. The van der Waals surface area contributed by atoms with E-state index in [9.17, 15) is 18.3 Å². The van der Waals surface area contributed by atoms with Crippen LogP contribution in [0, 0.1) is 0 Å². The molecule has 0 aromatic heterocycles. The van der Waals surface area contributed by atoms with Gasteiger partial charge in [0.2, 0.25) is 10.0 Å². The fraction of sp³-hybridized carbons (Fsp3) is 0.350. The standard InChI is InChI=1S/C20H24N2O5S/c1-27-19-12-15(8-9-18(19)23)14-21-20(24)16-6-5-7-17(13-16)28(25,26)22-10-3-2-4-11-22/h5-9,12-13,23H,2-4,10-11,14H2,1H3,(H,21,24). The number of ether oxygens (including phenoxy) is 1. The van der Waals surface area contributed by atoms with Crippen LogP contribution in [0.5, 0.6) is 11.5 Å². The minimum Gasteiger partial charge on any atom is -0.504 e. The summed E-state index contributed by atoms with van der Waals surface area (Å²) in [7, 11) is -2.14. The van der Waals surface area contributed by atoms with Gasteiger partial charge >= 0.3 is 0 Å². The second-order valence-electron chi connectivity index (χ2n) is 6.68. The normalized spacial score (nSPS) is 15.2. The van der Waals surface area contributed by atoms with E-state index < -0.39 is 10.0 Å². The van der Waals surface area contributed by atoms with E-state index in [4.69, 9.17) is 4.74 Å². The maximum Gasteiger partial charge on any atom is 0.251 e. The molecule has 1 heterocycles. The van der Waals surface area contributed by atoms with Crippen LogP contribution in [0.3, 0.4) is 0 Å². The number of aromatic hydroxyl groups is 1. The van der Waals surface area contributed by atoms with E-state index in [1.807, 2.05) is 0 Å². The lowest BCUT2D eigenvalue weighted by molar-refractivity contribution is 0.0950. The molecule has 0 aliphatic carbocycles. The molecular formula is C20H24N2O5S. The van der Waals surface area contributed by atoms with Gasteiger partial charge in [-0.15, -0.1) is 0 Å². The molecule has 2 aromatic rings. The van der Waals surface area contributed by atoms with Gasteiger partial charge in [0.1, 0.15) is 0 Å². The highest BCUT2D eigenvalue weighted by molar-refractivity contribution is 7.89. The van der Waals surface area contributed by atoms with Gasteiger partial charge in [0, 0.05) is 25.2 Å². The zero-order valence-electron chi connectivity index (χ0n) is 15.7. The fourth-order valence-electron chi connectivity index (χ4n) is 3.17. The summed E-state index contributed by atoms with van der Waals surface area (Å²) < 4.78 is 32.1. The Morgan fingerprint density at radius 1 is 1.14 bits per heavy atom. The van der Waals surface area contributed by atoms with Gasteiger partial charge in [0.15, 0.2) is 11.5 Å². The van der Waals surface area contributed by atoms with E-state index in [1.165, 1.54) is 29.6 Å². The van der Waals surface area contributed by atoms with Crippen LogP contribution in [0.15, 0.2) is 47.4 Å². The Labute approximate surface area is 165 Å². The molecule has 2 N–H and O–H groups in total. The molecule has 0 spiro atoms. The smallest absolute Gasteiger partial charge is 0.251 e. The molecule has 0 radical (unpaired) electrons. The molecule has 150 valence electrons. The van der Waals surface area contributed by atoms with Crippen molar-refractivity contribution in [3.05, 3.63) is 53.6 Å². The Kier molecular flexibility index (Phi) is 6.21. The second-order valence-corrected chi connectivity index (χ2v) is 8.62. The van der Waals surface area contributed by atoms with Crippen molar-refractivity contribution in [2.24, 2.45) is 0 Å². The van der Waals surface area contributed by atoms with E-state index in [1.54, 1.807) is 24.3 Å². The summed E-state index contributed by atoms with van der Waals surface area (Å²) in [5.41, 5.74) is 1.03. The van der Waals surface area contributed by atoms with Crippen LogP contribution in [0.1, 0.15) is 35.2 Å². The summed E-state index contributed by atoms with van der Waals surface area (Å²) in [6, 6.07) is 10.9. The fourth-order valence-corrected chi connectivity index (χ4v) is 4.73. The van der Waals surface area contributed by atoms with Gasteiger partial charge in [-0.1, -0.05) is 18.6 Å². The first kappa shape index (κ1) is 20.2. The lowest BCUT2D eigenvalue weighted by Crippen LogP contribution is -2.35. The SMILES string of the molecule is COc1cc(CNC(=O)c2cccc(S(=O)(=O)N3CCCCC3)c2)ccc1O. The van der Waals surface area contributed by atoms with Crippen molar-refractivity contribution in [3.8, 4) is 11.5 Å². The van der Waals surface area contributed by atoms with Crippen LogP contribution in [0.2, 0.25) is 0 Å². The third kappa shape index (κ3) is 4.45. The summed E-state index contributed by atoms with van der Waals surface area (Å²) in [6.45, 7) is 1.25. The number of phenolic OH excluding ortho intramolecular Hbond substituents is 1. The van der Waals surface area contributed by atoms with Gasteiger partial charge in [-0.2, -0.15) is 4.31 Å². The number of phenols is 1. The van der Waals surface area contributed by atoms with E-state index in [0.717, 1.165) is 24.8 Å². The van der Waals surface area contributed by atoms with Crippen LogP contribution in [-0.4, -0.2) is 43.9 Å². The predicted molar refractivity (Wildman–Crippen MR) is 105 cm³/mol. The molecule has 0 atom stereocenters. The number of amides is 1. The number of benzene rings is 2. The zero-order chi connectivity index (χ0) is 20.1. The van der Waals surface area contributed by atoms with Gasteiger partial charge in [-0.3, -0.25) is 4.79 Å². The number of methoxy groups -OCH3 is 1. The van der Waals surface area contributed by atoms with Gasteiger partial charge in [0.05, 0.1) is 12.0 Å². The number of carbonyl (C=O) groups excluding carboxylic acids is 1. The van der Waals surface area contributed by atoms with Crippen molar-refractivity contribution in [1.29, 1.82) is 0 Å². The second kappa shape index (κ2) is 8.62. The van der Waals surface area contributed by atoms with Gasteiger partial charge in [-0.05, 0) is 48.7 Å². The first-order chi connectivity index (χ1) is 13.4. The number of carbonyl (C=O) groups is 1. The third-order valence-corrected chi connectivity index (χ3v) is 6.64. The number of hydrogen-bond donors (Lipinski definition) is 2. The molecule has 0 bridgehead atoms. The molecule has 1 aliphatic heterocycles. The van der Waals surface area contributed by atoms with E-state index in [0.29, 0.717) is 18.8 Å². The largest absolute Gasteiger partial charge is 0.504 e. The number of piperidine rings is 1. The van der Waals surface area contributed by atoms with Crippen molar-refractivity contribution in [2.45, 2.75) is 30.7 Å². The number of hydrogen-bond acceptors (Lipinski definition) is 5. The van der Waals surface area contributed by atoms with Crippen molar-refractivity contribution < 1.29 is 23.1 Å². The van der Waals surface area contributed by atoms with Crippen molar-refractivity contribution in [1.82, 2.24) is 9.62 Å². The monoisotopic (exact) mass is 404 g/mol. The molecule has 2 aromatic carbocycles. The molecule has 28 heavy (non-hydrogen) atoms. The summed E-state index contributed by atoms with van der Waals surface area (Å²) in [5, 5.41) is 12.4. The highest BCUT2D eigenvalue weighted by Gasteiger charge is 2.26. The van der Waals surface area contributed by atoms with Crippen LogP contribution in [0.4, 0.5) is 0 Å². The van der Waals surface area contributed by atoms with Crippen LogP contribution in [0.25, 0.3) is 0 Å². The predicted octanol–water partition coefficient (Wildman–Crippen LogP) is 2.51. The molecule has 0 saturated carbocycles. The molecule has 7 nitrogen and oxygen atoms in total. The number of nitrogens with zero attached hydrogens (tertiary/aromatic N) is 1. The Morgan fingerprint density at radius 2 is 1.89 bits per heavy atom. The molecule has 0 unspecified atom stereocenters. The van der Waals surface area contributed by atoms with E-state index >= 15 is 0 Å². The first-order valence-electron chi connectivity index (χ1n) is 9.16. The molecule has 8 heteroatoms. The Morgan fingerprint density at radius 3 is 2.61 bits per heavy atom. The van der Waals surface area contributed by atoms with Gasteiger partial charge in [0.25, 0.3) is 5.91 Å². The van der Waals surface area contributed by atoms with Crippen molar-refractivity contribution in [3.63, 3.8) is 0 Å². The van der Waals surface area contributed by atoms with Crippen molar-refractivity contribution in [2.75, 3.05) is 20.2 Å². The molecule has 1 saturated heterocycles. The summed E-state index contributed by atoms with van der Waals surface area (Å²) in [6.07, 6.45) is 2.75. The molecule has 3 rings (SSSR count). The van der Waals surface area contributed by atoms with Crippen LogP contribution in [-0.2, 0) is 16.6 Å². The topological polar surface area (TPSA) is 95.9 Å². The molecular weight excluding hydrogens is 380 g/mol. The Balaban J connectivity index is 1.72. The maximum atomic E-state index is 12.8. The highest BCUT2D eigenvalue weighted by atomic mass is 32.2. The van der Waals surface area contributed by atoms with Crippen LogP contribution < -0.4 is 10.1 Å². The maximum absolute atomic E-state index is 12.8. The Hall–Kier alpha value is -2.58. The van der Waals surface area contributed by atoms with E-state index in [-0.39, 0.29) is 28.7 Å². The summed E-state index contributed by atoms with van der Waals surface area (Å²) in [4.78, 5) is 12.6. The number of nitrogens with one attached hydrogen (secondary N) is 1.